The fourth-order valence-electron chi connectivity index (χ4n) is 1.97. The molecule has 1 saturated heterocycles. The van der Waals surface area contributed by atoms with Crippen molar-refractivity contribution in [1.29, 1.82) is 0 Å². The van der Waals surface area contributed by atoms with E-state index in [-0.39, 0.29) is 0 Å². The summed E-state index contributed by atoms with van der Waals surface area (Å²) in [6.07, 6.45) is -4.83. The molecular weight excluding hydrogens is 284 g/mol. The first-order chi connectivity index (χ1) is 9.56. The number of hydrogen-bond donors (Lipinski definition) is 4. The molecule has 0 amide bonds. The molecule has 5 atom stereocenters. The zero-order valence-electron chi connectivity index (χ0n) is 10.9. The van der Waals surface area contributed by atoms with Crippen LogP contribution in [0.5, 0.6) is 5.75 Å². The molecular formula is C13H18O6S. The van der Waals surface area contributed by atoms with Crippen LogP contribution in [-0.2, 0) is 4.74 Å². The standard InChI is InChI=1S/C13H18O6S/c1-18-7-3-2-4-8(5-7)20-13-12(17)11(16)10(15)9(6-14)19-13/h2-5,9-17H,6H2,1H3/t9-,10-,11+,12-,13+/m1/s1. The summed E-state index contributed by atoms with van der Waals surface area (Å²) in [4.78, 5) is 0.786. The van der Waals surface area contributed by atoms with Crippen molar-refractivity contribution in [3.8, 4) is 5.75 Å². The highest BCUT2D eigenvalue weighted by Gasteiger charge is 2.43. The van der Waals surface area contributed by atoms with E-state index in [0.29, 0.717) is 5.75 Å². The van der Waals surface area contributed by atoms with Gasteiger partial charge in [-0.05, 0) is 18.2 Å². The molecule has 20 heavy (non-hydrogen) atoms. The highest BCUT2D eigenvalue weighted by molar-refractivity contribution is 7.99. The number of ether oxygens (including phenoxy) is 2. The van der Waals surface area contributed by atoms with Crippen molar-refractivity contribution in [2.45, 2.75) is 34.7 Å². The van der Waals surface area contributed by atoms with Gasteiger partial charge in [0, 0.05) is 4.90 Å². The van der Waals surface area contributed by atoms with Gasteiger partial charge in [-0.3, -0.25) is 0 Å². The van der Waals surface area contributed by atoms with E-state index in [1.165, 1.54) is 11.8 Å². The van der Waals surface area contributed by atoms with Gasteiger partial charge in [0.1, 0.15) is 35.6 Å². The van der Waals surface area contributed by atoms with Crippen LogP contribution >= 0.6 is 11.8 Å². The van der Waals surface area contributed by atoms with Crippen LogP contribution in [0.25, 0.3) is 0 Å². The van der Waals surface area contributed by atoms with Gasteiger partial charge >= 0.3 is 0 Å². The smallest absolute Gasteiger partial charge is 0.136 e. The molecule has 7 heteroatoms. The number of rotatable bonds is 4. The predicted octanol–water partition coefficient (Wildman–Crippen LogP) is -0.413. The monoisotopic (exact) mass is 302 g/mol. The molecule has 0 spiro atoms. The maximum absolute atomic E-state index is 9.94. The average molecular weight is 302 g/mol. The summed E-state index contributed by atoms with van der Waals surface area (Å²) in [6.45, 7) is -0.430. The van der Waals surface area contributed by atoms with Crippen LogP contribution < -0.4 is 4.74 Å². The second-order valence-corrected chi connectivity index (χ2v) is 5.67. The lowest BCUT2D eigenvalue weighted by Gasteiger charge is -2.39. The van der Waals surface area contributed by atoms with Gasteiger partial charge in [0.15, 0.2) is 0 Å². The van der Waals surface area contributed by atoms with Crippen molar-refractivity contribution in [2.24, 2.45) is 0 Å². The van der Waals surface area contributed by atoms with Crippen LogP contribution in [0.3, 0.4) is 0 Å². The Morgan fingerprint density at radius 3 is 2.60 bits per heavy atom. The van der Waals surface area contributed by atoms with Crippen molar-refractivity contribution in [1.82, 2.24) is 0 Å². The summed E-state index contributed by atoms with van der Waals surface area (Å²) < 4.78 is 10.5. The number of thioether (sulfide) groups is 1. The van der Waals surface area contributed by atoms with E-state index in [2.05, 4.69) is 0 Å². The largest absolute Gasteiger partial charge is 0.497 e. The maximum Gasteiger partial charge on any atom is 0.136 e. The first kappa shape index (κ1) is 15.6. The van der Waals surface area contributed by atoms with Gasteiger partial charge in [0.25, 0.3) is 0 Å². The molecule has 2 rings (SSSR count). The van der Waals surface area contributed by atoms with Crippen molar-refractivity contribution >= 4 is 11.8 Å². The third-order valence-corrected chi connectivity index (χ3v) is 4.29. The highest BCUT2D eigenvalue weighted by atomic mass is 32.2. The van der Waals surface area contributed by atoms with E-state index in [1.54, 1.807) is 25.3 Å². The van der Waals surface area contributed by atoms with Gasteiger partial charge in [-0.2, -0.15) is 0 Å². The molecule has 6 nitrogen and oxygen atoms in total. The second-order valence-electron chi connectivity index (χ2n) is 4.49. The first-order valence-electron chi connectivity index (χ1n) is 6.18. The Hall–Kier alpha value is -0.830. The first-order valence-corrected chi connectivity index (χ1v) is 7.06. The van der Waals surface area contributed by atoms with Gasteiger partial charge in [-0.15, -0.1) is 0 Å². The molecule has 1 aliphatic rings. The second kappa shape index (κ2) is 6.75. The molecule has 1 fully saturated rings. The van der Waals surface area contributed by atoms with E-state index in [4.69, 9.17) is 14.6 Å². The van der Waals surface area contributed by atoms with Crippen molar-refractivity contribution < 1.29 is 29.9 Å². The van der Waals surface area contributed by atoms with Crippen LogP contribution in [0.1, 0.15) is 0 Å². The molecule has 1 heterocycles. The predicted molar refractivity (Wildman–Crippen MR) is 72.6 cm³/mol. The summed E-state index contributed by atoms with van der Waals surface area (Å²) >= 11 is 1.19. The topological polar surface area (TPSA) is 99.4 Å². The van der Waals surface area contributed by atoms with Crippen LogP contribution in [0.2, 0.25) is 0 Å². The lowest BCUT2D eigenvalue weighted by Crippen LogP contribution is -2.57. The molecule has 0 unspecified atom stereocenters. The minimum absolute atomic E-state index is 0.430. The lowest BCUT2D eigenvalue weighted by molar-refractivity contribution is -0.205. The number of aliphatic hydroxyl groups excluding tert-OH is 4. The summed E-state index contributed by atoms with van der Waals surface area (Å²) in [6, 6.07) is 7.17. The average Bonchev–Trinajstić information content (AvgIpc) is 2.48. The van der Waals surface area contributed by atoms with Gasteiger partial charge in [-0.25, -0.2) is 0 Å². The number of aliphatic hydroxyl groups is 4. The van der Waals surface area contributed by atoms with E-state index < -0.39 is 36.5 Å². The lowest BCUT2D eigenvalue weighted by atomic mass is 10.0. The minimum Gasteiger partial charge on any atom is -0.497 e. The summed E-state index contributed by atoms with van der Waals surface area (Å²) in [5.74, 6) is 0.666. The van der Waals surface area contributed by atoms with Gasteiger partial charge < -0.3 is 29.9 Å². The number of hydrogen-bond acceptors (Lipinski definition) is 7. The molecule has 1 aromatic carbocycles. The Kier molecular flexibility index (Phi) is 5.25. The van der Waals surface area contributed by atoms with Gasteiger partial charge in [-0.1, -0.05) is 17.8 Å². The maximum atomic E-state index is 9.94. The Morgan fingerprint density at radius 2 is 1.95 bits per heavy atom. The summed E-state index contributed by atoms with van der Waals surface area (Å²) in [5, 5.41) is 38.5. The van der Waals surface area contributed by atoms with Crippen molar-refractivity contribution in [3.05, 3.63) is 24.3 Å². The molecule has 0 radical (unpaired) electrons. The van der Waals surface area contributed by atoms with Gasteiger partial charge in [0.2, 0.25) is 0 Å². The van der Waals surface area contributed by atoms with E-state index in [1.807, 2.05) is 6.07 Å². The molecule has 0 saturated carbocycles. The van der Waals surface area contributed by atoms with Crippen LogP contribution in [0.4, 0.5) is 0 Å². The fraction of sp³-hybridized carbons (Fsp3) is 0.538. The van der Waals surface area contributed by atoms with Crippen LogP contribution in [-0.4, -0.2) is 64.0 Å². The Bertz CT molecular complexity index is 441. The Balaban J connectivity index is 2.10. The van der Waals surface area contributed by atoms with Crippen molar-refractivity contribution in [3.63, 3.8) is 0 Å². The Morgan fingerprint density at radius 1 is 1.20 bits per heavy atom. The Labute approximate surface area is 121 Å². The minimum atomic E-state index is -1.36. The molecule has 0 aliphatic carbocycles. The molecule has 0 bridgehead atoms. The van der Waals surface area contributed by atoms with Crippen molar-refractivity contribution in [2.75, 3.05) is 13.7 Å². The highest BCUT2D eigenvalue weighted by Crippen LogP contribution is 2.34. The van der Waals surface area contributed by atoms with E-state index >= 15 is 0 Å². The van der Waals surface area contributed by atoms with Crippen LogP contribution in [0, 0.1) is 0 Å². The summed E-state index contributed by atoms with van der Waals surface area (Å²) in [5.41, 5.74) is -0.780. The zero-order chi connectivity index (χ0) is 14.7. The van der Waals surface area contributed by atoms with Crippen LogP contribution in [0.15, 0.2) is 29.2 Å². The SMILES string of the molecule is COc1cccc(S[C@@H]2O[C@H](CO)[C@@H](O)[C@H](O)[C@H]2O)c1. The molecule has 4 N–H and O–H groups in total. The molecule has 0 aromatic heterocycles. The zero-order valence-corrected chi connectivity index (χ0v) is 11.7. The number of benzene rings is 1. The molecule has 112 valence electrons. The molecule has 1 aliphatic heterocycles. The van der Waals surface area contributed by atoms with Gasteiger partial charge in [0.05, 0.1) is 13.7 Å². The fourth-order valence-corrected chi connectivity index (χ4v) is 3.08. The summed E-state index contributed by atoms with van der Waals surface area (Å²) in [7, 11) is 1.55. The quantitative estimate of drug-likeness (QED) is 0.600. The third-order valence-electron chi connectivity index (χ3n) is 3.14. The number of methoxy groups -OCH3 is 1. The molecule has 1 aromatic rings. The normalized spacial score (nSPS) is 34.0. The third kappa shape index (κ3) is 3.25. The van der Waals surface area contributed by atoms with E-state index in [0.717, 1.165) is 4.90 Å². The van der Waals surface area contributed by atoms with E-state index in [9.17, 15) is 15.3 Å².